The number of hydrogen-bond acceptors (Lipinski definition) is 4. The van der Waals surface area contributed by atoms with Gasteiger partial charge in [-0.15, -0.1) is 0 Å². The molecule has 5 heteroatoms. The zero-order valence-corrected chi connectivity index (χ0v) is 10.9. The lowest BCUT2D eigenvalue weighted by Crippen LogP contribution is -2.06. The van der Waals surface area contributed by atoms with Gasteiger partial charge in [-0.3, -0.25) is 4.98 Å². The van der Waals surface area contributed by atoms with Crippen molar-refractivity contribution in [2.24, 2.45) is 0 Å². The predicted molar refractivity (Wildman–Crippen MR) is 69.9 cm³/mol. The van der Waals surface area contributed by atoms with Crippen molar-refractivity contribution in [2.75, 3.05) is 6.61 Å². The Bertz CT molecular complexity index is 505. The average molecular weight is 264 g/mol. The maximum Gasteiger partial charge on any atom is 0.221 e. The summed E-state index contributed by atoms with van der Waals surface area (Å²) in [5, 5.41) is 0.459. The van der Waals surface area contributed by atoms with Crippen LogP contribution < -0.4 is 4.74 Å². The summed E-state index contributed by atoms with van der Waals surface area (Å²) < 4.78 is 5.64. The van der Waals surface area contributed by atoms with Crippen LogP contribution in [0.2, 0.25) is 5.15 Å². The number of rotatable bonds is 5. The zero-order chi connectivity index (χ0) is 12.8. The Morgan fingerprint density at radius 3 is 2.83 bits per heavy atom. The summed E-state index contributed by atoms with van der Waals surface area (Å²) in [6.07, 6.45) is 4.68. The second-order valence-corrected chi connectivity index (χ2v) is 4.08. The van der Waals surface area contributed by atoms with Gasteiger partial charge in [0, 0.05) is 18.3 Å². The lowest BCUT2D eigenvalue weighted by Gasteiger charge is -2.09. The number of ether oxygens (including phenoxy) is 1. The maximum atomic E-state index is 5.98. The third-order valence-electron chi connectivity index (χ3n) is 2.53. The van der Waals surface area contributed by atoms with Gasteiger partial charge in [0.15, 0.2) is 0 Å². The molecular formula is C13H14ClN3O. The van der Waals surface area contributed by atoms with E-state index >= 15 is 0 Å². The molecule has 0 atom stereocenters. The first-order valence-corrected chi connectivity index (χ1v) is 6.21. The lowest BCUT2D eigenvalue weighted by atomic mass is 10.2. The number of aromatic nitrogens is 3. The molecule has 2 heterocycles. The highest BCUT2D eigenvalue weighted by atomic mass is 35.5. The second-order valence-electron chi connectivity index (χ2n) is 3.72. The maximum absolute atomic E-state index is 5.98. The standard InChI is InChI=1S/C13H14ClN3O/c1-2-11-12(14)16-9-17-13(11)18-8-6-10-5-3-4-7-15-10/h3-5,7,9H,2,6,8H2,1H3. The monoisotopic (exact) mass is 263 g/mol. The summed E-state index contributed by atoms with van der Waals surface area (Å²) >= 11 is 5.98. The van der Waals surface area contributed by atoms with E-state index in [1.165, 1.54) is 6.33 Å². The molecule has 18 heavy (non-hydrogen) atoms. The van der Waals surface area contributed by atoms with Gasteiger partial charge in [-0.05, 0) is 18.6 Å². The molecule has 0 aromatic carbocycles. The van der Waals surface area contributed by atoms with Crippen molar-refractivity contribution in [1.29, 1.82) is 0 Å². The summed E-state index contributed by atoms with van der Waals surface area (Å²) in [5.41, 5.74) is 1.84. The van der Waals surface area contributed by atoms with Crippen molar-refractivity contribution in [3.8, 4) is 5.88 Å². The molecule has 0 bridgehead atoms. The molecule has 0 aliphatic rings. The van der Waals surface area contributed by atoms with Crippen LogP contribution in [-0.2, 0) is 12.8 Å². The smallest absolute Gasteiger partial charge is 0.221 e. The Kier molecular flexibility index (Phi) is 4.47. The molecule has 0 unspecified atom stereocenters. The van der Waals surface area contributed by atoms with Gasteiger partial charge in [0.2, 0.25) is 5.88 Å². The molecule has 0 aliphatic heterocycles. The van der Waals surface area contributed by atoms with Gasteiger partial charge in [-0.2, -0.15) is 0 Å². The minimum Gasteiger partial charge on any atom is -0.477 e. The molecule has 2 aromatic heterocycles. The van der Waals surface area contributed by atoms with Gasteiger partial charge in [-0.1, -0.05) is 24.6 Å². The molecule has 94 valence electrons. The largest absolute Gasteiger partial charge is 0.477 e. The van der Waals surface area contributed by atoms with E-state index < -0.39 is 0 Å². The number of hydrogen-bond donors (Lipinski definition) is 0. The minimum atomic E-state index is 0.459. The summed E-state index contributed by atoms with van der Waals surface area (Å²) in [6.45, 7) is 2.52. The van der Waals surface area contributed by atoms with Crippen molar-refractivity contribution < 1.29 is 4.74 Å². The first-order valence-electron chi connectivity index (χ1n) is 5.83. The summed E-state index contributed by atoms with van der Waals surface area (Å²) in [7, 11) is 0. The van der Waals surface area contributed by atoms with Crippen LogP contribution in [-0.4, -0.2) is 21.6 Å². The fourth-order valence-corrected chi connectivity index (χ4v) is 1.85. The van der Waals surface area contributed by atoms with Gasteiger partial charge in [0.05, 0.1) is 12.2 Å². The van der Waals surface area contributed by atoms with Crippen molar-refractivity contribution in [3.63, 3.8) is 0 Å². The predicted octanol–water partition coefficient (Wildman–Crippen LogP) is 2.71. The third-order valence-corrected chi connectivity index (χ3v) is 2.86. The number of halogens is 1. The normalized spacial score (nSPS) is 10.3. The highest BCUT2D eigenvalue weighted by Gasteiger charge is 2.08. The number of pyridine rings is 1. The molecule has 0 saturated heterocycles. The van der Waals surface area contributed by atoms with E-state index in [2.05, 4.69) is 15.0 Å². The SMILES string of the molecule is CCc1c(Cl)ncnc1OCCc1ccccn1. The van der Waals surface area contributed by atoms with Crippen molar-refractivity contribution in [3.05, 3.63) is 47.1 Å². The second kappa shape index (κ2) is 6.31. The quantitative estimate of drug-likeness (QED) is 0.778. The fraction of sp³-hybridized carbons (Fsp3) is 0.308. The lowest BCUT2D eigenvalue weighted by molar-refractivity contribution is 0.304. The zero-order valence-electron chi connectivity index (χ0n) is 10.1. The molecular weight excluding hydrogens is 250 g/mol. The highest BCUT2D eigenvalue weighted by molar-refractivity contribution is 6.30. The van der Waals surface area contributed by atoms with Crippen molar-refractivity contribution in [1.82, 2.24) is 15.0 Å². The summed E-state index contributed by atoms with van der Waals surface area (Å²) in [6, 6.07) is 5.82. The van der Waals surface area contributed by atoms with Gasteiger partial charge in [-0.25, -0.2) is 9.97 Å². The van der Waals surface area contributed by atoms with Gasteiger partial charge in [0.25, 0.3) is 0 Å². The molecule has 0 aliphatic carbocycles. The van der Waals surface area contributed by atoms with Crippen molar-refractivity contribution >= 4 is 11.6 Å². The van der Waals surface area contributed by atoms with Crippen LogP contribution in [0.15, 0.2) is 30.7 Å². The van der Waals surface area contributed by atoms with Gasteiger partial charge in [0.1, 0.15) is 11.5 Å². The minimum absolute atomic E-state index is 0.459. The Hall–Kier alpha value is -1.68. The van der Waals surface area contributed by atoms with Crippen LogP contribution in [0.25, 0.3) is 0 Å². The van der Waals surface area contributed by atoms with Crippen LogP contribution in [0.1, 0.15) is 18.2 Å². The Morgan fingerprint density at radius 2 is 2.11 bits per heavy atom. The molecule has 2 aromatic rings. The van der Waals surface area contributed by atoms with E-state index in [4.69, 9.17) is 16.3 Å². The highest BCUT2D eigenvalue weighted by Crippen LogP contribution is 2.22. The first-order chi connectivity index (χ1) is 8.81. The molecule has 4 nitrogen and oxygen atoms in total. The van der Waals surface area contributed by atoms with Crippen LogP contribution in [0, 0.1) is 0 Å². The first kappa shape index (κ1) is 12.8. The van der Waals surface area contributed by atoms with Crippen LogP contribution in [0.4, 0.5) is 0 Å². The molecule has 0 fully saturated rings. The summed E-state index contributed by atoms with van der Waals surface area (Å²) in [5.74, 6) is 0.563. The van der Waals surface area contributed by atoms with Crippen LogP contribution in [0.5, 0.6) is 5.88 Å². The Labute approximate surface area is 111 Å². The Morgan fingerprint density at radius 1 is 1.22 bits per heavy atom. The van der Waals surface area contributed by atoms with Gasteiger partial charge < -0.3 is 4.74 Å². The molecule has 0 spiro atoms. The topological polar surface area (TPSA) is 47.9 Å². The number of nitrogens with zero attached hydrogens (tertiary/aromatic N) is 3. The summed E-state index contributed by atoms with van der Waals surface area (Å²) in [4.78, 5) is 12.3. The molecule has 0 radical (unpaired) electrons. The van der Waals surface area contributed by atoms with E-state index in [1.54, 1.807) is 6.20 Å². The van der Waals surface area contributed by atoms with E-state index in [0.717, 1.165) is 24.1 Å². The molecule has 2 rings (SSSR count). The van der Waals surface area contributed by atoms with E-state index in [1.807, 2.05) is 25.1 Å². The third kappa shape index (κ3) is 3.17. The van der Waals surface area contributed by atoms with Crippen LogP contribution >= 0.6 is 11.6 Å². The molecule has 0 amide bonds. The van der Waals surface area contributed by atoms with Crippen LogP contribution in [0.3, 0.4) is 0 Å². The van der Waals surface area contributed by atoms with E-state index in [9.17, 15) is 0 Å². The Balaban J connectivity index is 1.96. The van der Waals surface area contributed by atoms with Crippen molar-refractivity contribution in [2.45, 2.75) is 19.8 Å². The fourth-order valence-electron chi connectivity index (χ4n) is 1.60. The van der Waals surface area contributed by atoms with E-state index in [0.29, 0.717) is 17.6 Å². The molecule has 0 N–H and O–H groups in total. The van der Waals surface area contributed by atoms with Gasteiger partial charge >= 0.3 is 0 Å². The van der Waals surface area contributed by atoms with E-state index in [-0.39, 0.29) is 0 Å². The molecule has 0 saturated carbocycles. The average Bonchev–Trinajstić information content (AvgIpc) is 2.40.